The molecule has 0 heterocycles. The normalized spacial score (nSPS) is 20.5. The summed E-state index contributed by atoms with van der Waals surface area (Å²) in [7, 11) is 1.71. The lowest BCUT2D eigenvalue weighted by molar-refractivity contribution is -0.137. The van der Waals surface area contributed by atoms with Gasteiger partial charge in [-0.15, -0.1) is 0 Å². The molecule has 1 aromatic carbocycles. The Kier molecular flexibility index (Phi) is 4.00. The van der Waals surface area contributed by atoms with Gasteiger partial charge in [0.15, 0.2) is 0 Å². The van der Waals surface area contributed by atoms with E-state index in [4.69, 9.17) is 9.84 Å². The summed E-state index contributed by atoms with van der Waals surface area (Å²) < 4.78 is 6.55. The highest BCUT2D eigenvalue weighted by Gasteiger charge is 2.46. The number of ether oxygens (including phenoxy) is 1. The molecule has 0 bridgehead atoms. The molecule has 2 aliphatic rings. The van der Waals surface area contributed by atoms with Crippen molar-refractivity contribution in [2.45, 2.75) is 56.3 Å². The molecule has 21 heavy (non-hydrogen) atoms. The molecule has 2 aliphatic carbocycles. The minimum absolute atomic E-state index is 0.145. The number of carboxylic acid groups (broad SMARTS) is 1. The van der Waals surface area contributed by atoms with Crippen molar-refractivity contribution in [1.82, 2.24) is 0 Å². The predicted octanol–water partition coefficient (Wildman–Crippen LogP) is 4.62. The predicted molar refractivity (Wildman–Crippen MR) is 85.1 cm³/mol. The van der Waals surface area contributed by atoms with Crippen LogP contribution in [0, 0.1) is 0 Å². The van der Waals surface area contributed by atoms with Gasteiger partial charge < -0.3 is 9.84 Å². The summed E-state index contributed by atoms with van der Waals surface area (Å²) in [5.41, 5.74) is 2.28. The number of hydrogen-bond donors (Lipinski definition) is 1. The van der Waals surface area contributed by atoms with Gasteiger partial charge in [0.25, 0.3) is 0 Å². The minimum Gasteiger partial charge on any atom is -0.495 e. The summed E-state index contributed by atoms with van der Waals surface area (Å²) in [6, 6.07) is 4.28. The van der Waals surface area contributed by atoms with Gasteiger partial charge in [0, 0.05) is 5.41 Å². The van der Waals surface area contributed by atoms with Gasteiger partial charge in [0.2, 0.25) is 0 Å². The lowest BCUT2D eigenvalue weighted by Gasteiger charge is -2.21. The quantitative estimate of drug-likeness (QED) is 0.840. The van der Waals surface area contributed by atoms with Crippen LogP contribution in [0.25, 0.3) is 0 Å². The van der Waals surface area contributed by atoms with Crippen molar-refractivity contribution < 1.29 is 14.6 Å². The Bertz CT molecular complexity index is 557. The molecule has 0 aromatic heterocycles. The molecule has 4 heteroatoms. The highest BCUT2D eigenvalue weighted by molar-refractivity contribution is 9.10. The molecular weight excluding hydrogens is 332 g/mol. The van der Waals surface area contributed by atoms with Crippen molar-refractivity contribution in [2.75, 3.05) is 7.11 Å². The third-order valence-electron chi connectivity index (χ3n) is 5.03. The third-order valence-corrected chi connectivity index (χ3v) is 5.62. The van der Waals surface area contributed by atoms with E-state index in [1.807, 2.05) is 0 Å². The maximum absolute atomic E-state index is 11.1. The Morgan fingerprint density at radius 2 is 2.05 bits per heavy atom. The number of methoxy groups -OCH3 is 1. The second-order valence-corrected chi connectivity index (χ2v) is 7.27. The molecule has 114 valence electrons. The average Bonchev–Trinajstić information content (AvgIpc) is 3.01. The number of benzene rings is 1. The summed E-state index contributed by atoms with van der Waals surface area (Å²) in [5, 5.41) is 9.16. The van der Waals surface area contributed by atoms with E-state index in [0.717, 1.165) is 23.1 Å². The van der Waals surface area contributed by atoms with E-state index in [0.29, 0.717) is 5.92 Å². The van der Waals surface area contributed by atoms with E-state index in [9.17, 15) is 4.79 Å². The topological polar surface area (TPSA) is 46.5 Å². The van der Waals surface area contributed by atoms with E-state index in [1.54, 1.807) is 7.11 Å². The van der Waals surface area contributed by atoms with Crippen LogP contribution in [0.1, 0.15) is 62.0 Å². The molecule has 3 rings (SSSR count). The highest BCUT2D eigenvalue weighted by Crippen LogP contribution is 2.54. The number of aliphatic carboxylic acids is 1. The van der Waals surface area contributed by atoms with Crippen molar-refractivity contribution in [1.29, 1.82) is 0 Å². The van der Waals surface area contributed by atoms with Gasteiger partial charge in [-0.3, -0.25) is 4.79 Å². The van der Waals surface area contributed by atoms with Crippen LogP contribution in [-0.2, 0) is 10.2 Å². The van der Waals surface area contributed by atoms with Crippen molar-refractivity contribution in [3.8, 4) is 5.75 Å². The van der Waals surface area contributed by atoms with Crippen molar-refractivity contribution in [3.05, 3.63) is 27.7 Å². The molecule has 2 fully saturated rings. The first kappa shape index (κ1) is 14.9. The molecular formula is C17H21BrO3. The number of halogens is 1. The first-order valence-corrected chi connectivity index (χ1v) is 8.45. The van der Waals surface area contributed by atoms with E-state index >= 15 is 0 Å². The van der Waals surface area contributed by atoms with Crippen LogP contribution in [0.4, 0.5) is 0 Å². The Morgan fingerprint density at radius 3 is 2.57 bits per heavy atom. The zero-order chi connectivity index (χ0) is 15.0. The summed E-state index contributed by atoms with van der Waals surface area (Å²) in [6.45, 7) is 0. The molecule has 1 aromatic rings. The number of hydrogen-bond acceptors (Lipinski definition) is 2. The highest BCUT2D eigenvalue weighted by atomic mass is 79.9. The van der Waals surface area contributed by atoms with Crippen LogP contribution in [0.15, 0.2) is 16.6 Å². The maximum Gasteiger partial charge on any atom is 0.304 e. The lowest BCUT2D eigenvalue weighted by Crippen LogP contribution is -2.14. The van der Waals surface area contributed by atoms with Crippen molar-refractivity contribution >= 4 is 21.9 Å². The van der Waals surface area contributed by atoms with Crippen LogP contribution < -0.4 is 4.74 Å². The van der Waals surface area contributed by atoms with Gasteiger partial charge >= 0.3 is 5.97 Å². The average molecular weight is 353 g/mol. The second-order valence-electron chi connectivity index (χ2n) is 6.41. The SMILES string of the molecule is COc1c(Br)cc(C2(CC(=O)O)CC2)cc1C1CCCC1. The van der Waals surface area contributed by atoms with Crippen LogP contribution in [0.2, 0.25) is 0 Å². The molecule has 0 atom stereocenters. The first-order valence-electron chi connectivity index (χ1n) is 7.65. The minimum atomic E-state index is -0.707. The van der Waals surface area contributed by atoms with Gasteiger partial charge in [0.1, 0.15) is 5.75 Å². The van der Waals surface area contributed by atoms with Gasteiger partial charge in [-0.2, -0.15) is 0 Å². The van der Waals surface area contributed by atoms with E-state index in [2.05, 4.69) is 28.1 Å². The van der Waals surface area contributed by atoms with Crippen LogP contribution >= 0.6 is 15.9 Å². The smallest absolute Gasteiger partial charge is 0.304 e. The molecule has 0 spiro atoms. The summed E-state index contributed by atoms with van der Waals surface area (Å²) in [5.74, 6) is 0.774. The van der Waals surface area contributed by atoms with Gasteiger partial charge in [-0.1, -0.05) is 18.9 Å². The summed E-state index contributed by atoms with van der Waals surface area (Å²) in [4.78, 5) is 11.1. The summed E-state index contributed by atoms with van der Waals surface area (Å²) >= 11 is 3.62. The Morgan fingerprint density at radius 1 is 1.38 bits per heavy atom. The Hall–Kier alpha value is -1.03. The van der Waals surface area contributed by atoms with E-state index in [-0.39, 0.29) is 11.8 Å². The number of carboxylic acids is 1. The number of rotatable bonds is 5. The molecule has 3 nitrogen and oxygen atoms in total. The monoisotopic (exact) mass is 352 g/mol. The lowest BCUT2D eigenvalue weighted by atomic mass is 9.87. The van der Waals surface area contributed by atoms with Crippen LogP contribution in [0.3, 0.4) is 0 Å². The second kappa shape index (κ2) is 5.64. The molecule has 0 radical (unpaired) electrons. The van der Waals surface area contributed by atoms with Crippen molar-refractivity contribution in [2.24, 2.45) is 0 Å². The molecule has 0 unspecified atom stereocenters. The number of carbonyl (C=O) groups is 1. The zero-order valence-corrected chi connectivity index (χ0v) is 13.9. The Labute approximate surface area is 133 Å². The molecule has 2 saturated carbocycles. The van der Waals surface area contributed by atoms with E-state index in [1.165, 1.54) is 36.8 Å². The largest absolute Gasteiger partial charge is 0.495 e. The molecule has 1 N–H and O–H groups in total. The van der Waals surface area contributed by atoms with Crippen molar-refractivity contribution in [3.63, 3.8) is 0 Å². The summed E-state index contributed by atoms with van der Waals surface area (Å²) in [6.07, 6.45) is 7.14. The molecule has 0 amide bonds. The fourth-order valence-corrected chi connectivity index (χ4v) is 4.32. The van der Waals surface area contributed by atoms with Crippen LogP contribution in [0.5, 0.6) is 5.75 Å². The third kappa shape index (κ3) is 2.83. The van der Waals surface area contributed by atoms with Gasteiger partial charge in [-0.25, -0.2) is 0 Å². The molecule has 0 aliphatic heterocycles. The molecule has 0 saturated heterocycles. The van der Waals surface area contributed by atoms with Gasteiger partial charge in [-0.05, 0) is 64.7 Å². The van der Waals surface area contributed by atoms with E-state index < -0.39 is 5.97 Å². The first-order chi connectivity index (χ1) is 10.1. The Balaban J connectivity index is 2.01. The fourth-order valence-electron chi connectivity index (χ4n) is 3.68. The fraction of sp³-hybridized carbons (Fsp3) is 0.588. The standard InChI is InChI=1S/C17H21BrO3/c1-21-16-13(11-4-2-3-5-11)8-12(9-14(16)18)17(6-7-17)10-15(19)20/h8-9,11H,2-7,10H2,1H3,(H,19,20). The van der Waals surface area contributed by atoms with Crippen LogP contribution in [-0.4, -0.2) is 18.2 Å². The maximum atomic E-state index is 11.1. The van der Waals surface area contributed by atoms with Gasteiger partial charge in [0.05, 0.1) is 18.0 Å². The zero-order valence-electron chi connectivity index (χ0n) is 12.3.